The van der Waals surface area contributed by atoms with E-state index in [1.807, 2.05) is 11.0 Å². The van der Waals surface area contributed by atoms with Gasteiger partial charge in [0.05, 0.1) is 18.5 Å². The molecule has 0 radical (unpaired) electrons. The van der Waals surface area contributed by atoms with Gasteiger partial charge >= 0.3 is 0 Å². The Labute approximate surface area is 235 Å². The molecule has 0 unspecified atom stereocenters. The van der Waals surface area contributed by atoms with Crippen LogP contribution in [0.15, 0.2) is 56.2 Å². The van der Waals surface area contributed by atoms with E-state index in [2.05, 4.69) is 67.8 Å². The third-order valence-corrected chi connectivity index (χ3v) is 10.1. The molecule has 8 heteroatoms. The first kappa shape index (κ1) is 27.0. The van der Waals surface area contributed by atoms with Gasteiger partial charge in [0.2, 0.25) is 0 Å². The Morgan fingerprint density at radius 3 is 2.45 bits per heavy atom. The van der Waals surface area contributed by atoms with Crippen LogP contribution in [0.3, 0.4) is 0 Å². The van der Waals surface area contributed by atoms with E-state index < -0.39 is 0 Å². The molecule has 0 atom stereocenters. The maximum atomic E-state index is 14.1. The van der Waals surface area contributed by atoms with E-state index in [-0.39, 0.29) is 11.9 Å². The Morgan fingerprint density at radius 1 is 1.03 bits per heavy atom. The summed E-state index contributed by atoms with van der Waals surface area (Å²) in [4.78, 5) is 27.8. The van der Waals surface area contributed by atoms with E-state index in [1.54, 1.807) is 30.6 Å². The summed E-state index contributed by atoms with van der Waals surface area (Å²) < 4.78 is 5.49. The molecule has 2 aromatic rings. The van der Waals surface area contributed by atoms with Gasteiger partial charge in [-0.3, -0.25) is 9.69 Å². The Hall–Kier alpha value is -2.58. The van der Waals surface area contributed by atoms with E-state index in [1.165, 1.54) is 12.1 Å². The van der Waals surface area contributed by atoms with E-state index >= 15 is 0 Å². The van der Waals surface area contributed by atoms with Crippen LogP contribution in [-0.2, 0) is 4.79 Å². The van der Waals surface area contributed by atoms with Crippen LogP contribution in [0.5, 0.6) is 5.75 Å². The molecule has 5 rings (SSSR count). The molecule has 2 aromatic carbocycles. The fourth-order valence-electron chi connectivity index (χ4n) is 5.58. The SMILES string of the molecule is CCN(CC)c1ccc(N=C2S/C(=C3\Sc4ccc(OC)cc4N3CC)C(=O)N2C2CCCCC2)c(C)c1. The van der Waals surface area contributed by atoms with Crippen molar-refractivity contribution in [3.8, 4) is 5.75 Å². The zero-order valence-electron chi connectivity index (χ0n) is 23.1. The van der Waals surface area contributed by atoms with Crippen LogP contribution in [-0.4, -0.2) is 48.8 Å². The molecule has 38 heavy (non-hydrogen) atoms. The molecule has 2 aliphatic heterocycles. The van der Waals surface area contributed by atoms with Gasteiger partial charge in [-0.05, 0) is 88.2 Å². The number of thioether (sulfide) groups is 2. The van der Waals surface area contributed by atoms with E-state index in [9.17, 15) is 4.79 Å². The summed E-state index contributed by atoms with van der Waals surface area (Å²) >= 11 is 3.22. The summed E-state index contributed by atoms with van der Waals surface area (Å²) in [5.74, 6) is 0.924. The number of aryl methyl sites for hydroxylation is 1. The van der Waals surface area contributed by atoms with Crippen molar-refractivity contribution < 1.29 is 9.53 Å². The fraction of sp³-hybridized carbons (Fsp3) is 0.467. The van der Waals surface area contributed by atoms with Gasteiger partial charge in [0.15, 0.2) is 5.17 Å². The summed E-state index contributed by atoms with van der Waals surface area (Å²) in [6.45, 7) is 11.3. The molecule has 6 nitrogen and oxygen atoms in total. The lowest BCUT2D eigenvalue weighted by Crippen LogP contribution is -2.40. The maximum absolute atomic E-state index is 14.1. The highest BCUT2D eigenvalue weighted by molar-refractivity contribution is 8.19. The van der Waals surface area contributed by atoms with Gasteiger partial charge in [-0.25, -0.2) is 4.99 Å². The summed E-state index contributed by atoms with van der Waals surface area (Å²) in [7, 11) is 1.69. The van der Waals surface area contributed by atoms with Crippen molar-refractivity contribution in [2.75, 3.05) is 36.5 Å². The molecule has 2 heterocycles. The molecule has 0 spiro atoms. The van der Waals surface area contributed by atoms with E-state index in [0.29, 0.717) is 0 Å². The van der Waals surface area contributed by atoms with Gasteiger partial charge < -0.3 is 14.5 Å². The van der Waals surface area contributed by atoms with Crippen LogP contribution in [0, 0.1) is 6.92 Å². The molecule has 0 bridgehead atoms. The summed E-state index contributed by atoms with van der Waals surface area (Å²) in [6, 6.07) is 12.8. The highest BCUT2D eigenvalue weighted by Gasteiger charge is 2.43. The molecule has 3 aliphatic rings. The standard InChI is InChI=1S/C30H38N4O2S2/c1-6-32(7-2)22-14-16-24(20(4)18-22)31-30-34(21-12-10-9-11-13-21)28(35)27(38-30)29-33(8-3)25-19-23(36-5)15-17-26(25)37-29/h14-19,21H,6-13H2,1-5H3/b29-27-,31-30?. The van der Waals surface area contributed by atoms with Crippen molar-refractivity contribution in [2.24, 2.45) is 4.99 Å². The lowest BCUT2D eigenvalue weighted by Gasteiger charge is -2.30. The minimum Gasteiger partial charge on any atom is -0.497 e. The van der Waals surface area contributed by atoms with Crippen molar-refractivity contribution >= 4 is 51.7 Å². The zero-order chi connectivity index (χ0) is 26.8. The van der Waals surface area contributed by atoms with Crippen molar-refractivity contribution in [3.63, 3.8) is 0 Å². The second-order valence-corrected chi connectivity index (χ2v) is 11.9. The monoisotopic (exact) mass is 550 g/mol. The van der Waals surface area contributed by atoms with Gasteiger partial charge in [0.1, 0.15) is 15.7 Å². The second kappa shape index (κ2) is 11.7. The minimum atomic E-state index is 0.0961. The molecule has 1 amide bonds. The van der Waals surface area contributed by atoms with E-state index in [4.69, 9.17) is 9.73 Å². The molecule has 0 N–H and O–H groups in total. The van der Waals surface area contributed by atoms with Crippen LogP contribution >= 0.6 is 23.5 Å². The summed E-state index contributed by atoms with van der Waals surface area (Å²) in [5, 5.41) is 1.82. The molecule has 202 valence electrons. The number of carbonyl (C=O) groups is 1. The molecular weight excluding hydrogens is 512 g/mol. The summed E-state index contributed by atoms with van der Waals surface area (Å²) in [6.07, 6.45) is 5.65. The topological polar surface area (TPSA) is 48.4 Å². The lowest BCUT2D eigenvalue weighted by atomic mass is 9.94. The molecule has 2 fully saturated rings. The number of rotatable bonds is 7. The van der Waals surface area contributed by atoms with Gasteiger partial charge in [0, 0.05) is 42.3 Å². The number of benzene rings is 2. The highest BCUT2D eigenvalue weighted by atomic mass is 32.2. The van der Waals surface area contributed by atoms with Crippen LogP contribution in [0.4, 0.5) is 17.1 Å². The Bertz CT molecular complexity index is 1260. The van der Waals surface area contributed by atoms with Crippen LogP contribution < -0.4 is 14.5 Å². The maximum Gasteiger partial charge on any atom is 0.269 e. The number of aliphatic imine (C=N–C) groups is 1. The minimum absolute atomic E-state index is 0.0961. The average molecular weight is 551 g/mol. The van der Waals surface area contributed by atoms with Crippen LogP contribution in [0.1, 0.15) is 58.4 Å². The van der Waals surface area contributed by atoms with Gasteiger partial charge in [-0.2, -0.15) is 0 Å². The van der Waals surface area contributed by atoms with Crippen LogP contribution in [0.25, 0.3) is 0 Å². The number of fused-ring (bicyclic) bond motifs is 1. The van der Waals surface area contributed by atoms with Crippen molar-refractivity contribution in [3.05, 3.63) is 51.9 Å². The number of hydrogen-bond donors (Lipinski definition) is 0. The lowest BCUT2D eigenvalue weighted by molar-refractivity contribution is -0.124. The predicted octanol–water partition coefficient (Wildman–Crippen LogP) is 7.55. The third-order valence-electron chi connectivity index (χ3n) is 7.70. The molecule has 1 aliphatic carbocycles. The van der Waals surface area contributed by atoms with Crippen LogP contribution in [0.2, 0.25) is 0 Å². The molecule has 1 saturated heterocycles. The molecular formula is C30H38N4O2S2. The first-order chi connectivity index (χ1) is 18.5. The highest BCUT2D eigenvalue weighted by Crippen LogP contribution is 2.52. The van der Waals surface area contributed by atoms with Crippen molar-refractivity contribution in [1.29, 1.82) is 0 Å². The van der Waals surface area contributed by atoms with E-state index in [0.717, 1.165) is 88.0 Å². The number of anilines is 2. The van der Waals surface area contributed by atoms with Gasteiger partial charge in [-0.1, -0.05) is 31.0 Å². The molecule has 0 aromatic heterocycles. The number of hydrogen-bond acceptors (Lipinski definition) is 7. The normalized spacial score (nSPS) is 21.0. The Balaban J connectivity index is 1.55. The Kier molecular flexibility index (Phi) is 8.29. The Morgan fingerprint density at radius 2 is 1.79 bits per heavy atom. The zero-order valence-corrected chi connectivity index (χ0v) is 24.8. The number of ether oxygens (including phenoxy) is 1. The average Bonchev–Trinajstić information content (AvgIpc) is 3.47. The fourth-order valence-corrected chi connectivity index (χ4v) is 8.01. The quantitative estimate of drug-likeness (QED) is 0.332. The number of methoxy groups -OCH3 is 1. The number of nitrogens with zero attached hydrogens (tertiary/aromatic N) is 4. The number of amides is 1. The first-order valence-corrected chi connectivity index (χ1v) is 15.5. The summed E-state index contributed by atoms with van der Waals surface area (Å²) in [5.41, 5.74) is 4.38. The molecule has 1 saturated carbocycles. The predicted molar refractivity (Wildman–Crippen MR) is 162 cm³/mol. The smallest absolute Gasteiger partial charge is 0.269 e. The van der Waals surface area contributed by atoms with Gasteiger partial charge in [0.25, 0.3) is 5.91 Å². The second-order valence-electron chi connectivity index (χ2n) is 9.92. The number of amidine groups is 1. The first-order valence-electron chi connectivity index (χ1n) is 13.8. The number of carbonyl (C=O) groups excluding carboxylic acids is 1. The largest absolute Gasteiger partial charge is 0.497 e. The van der Waals surface area contributed by atoms with Crippen molar-refractivity contribution in [1.82, 2.24) is 4.90 Å². The van der Waals surface area contributed by atoms with Gasteiger partial charge in [-0.15, -0.1) is 0 Å². The third kappa shape index (κ3) is 5.05. The van der Waals surface area contributed by atoms with Crippen molar-refractivity contribution in [2.45, 2.75) is 70.7 Å².